The van der Waals surface area contributed by atoms with Crippen LogP contribution in [-0.2, 0) is 4.74 Å². The van der Waals surface area contributed by atoms with Gasteiger partial charge in [-0.2, -0.15) is 0 Å². The molecule has 0 spiro atoms. The van der Waals surface area contributed by atoms with Gasteiger partial charge in [0.2, 0.25) is 0 Å². The number of aliphatic hydroxyl groups excluding tert-OH is 1. The highest BCUT2D eigenvalue weighted by molar-refractivity contribution is 4.54. The first kappa shape index (κ1) is 13.9. The molecule has 0 fully saturated rings. The van der Waals surface area contributed by atoms with E-state index in [0.717, 1.165) is 18.9 Å². The lowest BCUT2D eigenvalue weighted by molar-refractivity contribution is 0.0893. The highest BCUT2D eigenvalue weighted by atomic mass is 16.5. The van der Waals surface area contributed by atoms with Gasteiger partial charge in [-0.05, 0) is 12.3 Å². The predicted molar refractivity (Wildman–Crippen MR) is 60.4 cm³/mol. The molecule has 0 heterocycles. The monoisotopic (exact) mass is 202 g/mol. The highest BCUT2D eigenvalue weighted by Crippen LogP contribution is 2.16. The summed E-state index contributed by atoms with van der Waals surface area (Å²) in [5.41, 5.74) is 0. The summed E-state index contributed by atoms with van der Waals surface area (Å²) in [5.74, 6) is 0.924. The van der Waals surface area contributed by atoms with Crippen molar-refractivity contribution in [2.75, 3.05) is 19.8 Å². The minimum atomic E-state index is 0.147. The zero-order valence-corrected chi connectivity index (χ0v) is 9.80. The van der Waals surface area contributed by atoms with Gasteiger partial charge in [-0.3, -0.25) is 0 Å². The van der Waals surface area contributed by atoms with Gasteiger partial charge in [0, 0.05) is 6.61 Å². The third-order valence-electron chi connectivity index (χ3n) is 2.79. The maximum Gasteiger partial charge on any atom is 0.0697 e. The minimum Gasteiger partial charge on any atom is -0.394 e. The lowest BCUT2D eigenvalue weighted by atomic mass is 9.96. The summed E-state index contributed by atoms with van der Waals surface area (Å²) in [6, 6.07) is 0. The Morgan fingerprint density at radius 2 is 1.71 bits per heavy atom. The molecule has 0 rings (SSSR count). The SMILES string of the molecule is CCC(CC)CCCCCOCCO. The van der Waals surface area contributed by atoms with E-state index in [2.05, 4.69) is 13.8 Å². The van der Waals surface area contributed by atoms with E-state index in [1.54, 1.807) is 0 Å². The molecule has 14 heavy (non-hydrogen) atoms. The molecule has 0 radical (unpaired) electrons. The number of hydrogen-bond acceptors (Lipinski definition) is 2. The van der Waals surface area contributed by atoms with Crippen molar-refractivity contribution in [2.24, 2.45) is 5.92 Å². The fourth-order valence-electron chi connectivity index (χ4n) is 1.68. The van der Waals surface area contributed by atoms with Crippen LogP contribution in [0.1, 0.15) is 52.4 Å². The zero-order chi connectivity index (χ0) is 10.6. The molecule has 0 amide bonds. The van der Waals surface area contributed by atoms with Crippen molar-refractivity contribution in [1.29, 1.82) is 0 Å². The first-order valence-electron chi connectivity index (χ1n) is 6.03. The molecule has 0 saturated carbocycles. The van der Waals surface area contributed by atoms with E-state index in [4.69, 9.17) is 9.84 Å². The predicted octanol–water partition coefficient (Wildman–Crippen LogP) is 2.99. The molecule has 0 saturated heterocycles. The van der Waals surface area contributed by atoms with E-state index in [0.29, 0.717) is 6.61 Å². The van der Waals surface area contributed by atoms with Crippen LogP contribution in [0.2, 0.25) is 0 Å². The standard InChI is InChI=1S/C12H26O2/c1-3-12(4-2)8-6-5-7-10-14-11-9-13/h12-13H,3-11H2,1-2H3. The summed E-state index contributed by atoms with van der Waals surface area (Å²) in [4.78, 5) is 0. The van der Waals surface area contributed by atoms with Gasteiger partial charge in [-0.1, -0.05) is 46.0 Å². The second-order valence-electron chi connectivity index (χ2n) is 3.87. The number of rotatable bonds is 10. The Balaban J connectivity index is 3.04. The molecule has 0 aromatic rings. The zero-order valence-electron chi connectivity index (χ0n) is 9.80. The van der Waals surface area contributed by atoms with Crippen molar-refractivity contribution in [3.05, 3.63) is 0 Å². The third-order valence-corrected chi connectivity index (χ3v) is 2.79. The summed E-state index contributed by atoms with van der Waals surface area (Å²) in [6.45, 7) is 6.00. The fraction of sp³-hybridized carbons (Fsp3) is 1.00. The Morgan fingerprint density at radius 3 is 2.29 bits per heavy atom. The van der Waals surface area contributed by atoms with Gasteiger partial charge in [0.25, 0.3) is 0 Å². The van der Waals surface area contributed by atoms with Crippen LogP contribution < -0.4 is 0 Å². The molecule has 86 valence electrons. The van der Waals surface area contributed by atoms with Crippen molar-refractivity contribution < 1.29 is 9.84 Å². The fourth-order valence-corrected chi connectivity index (χ4v) is 1.68. The maximum atomic E-state index is 8.48. The van der Waals surface area contributed by atoms with Crippen LogP contribution in [0.25, 0.3) is 0 Å². The van der Waals surface area contributed by atoms with Gasteiger partial charge < -0.3 is 9.84 Å². The Hall–Kier alpha value is -0.0800. The van der Waals surface area contributed by atoms with E-state index < -0.39 is 0 Å². The minimum absolute atomic E-state index is 0.147. The summed E-state index contributed by atoms with van der Waals surface area (Å²) >= 11 is 0. The van der Waals surface area contributed by atoms with Crippen molar-refractivity contribution in [3.63, 3.8) is 0 Å². The number of hydrogen-bond donors (Lipinski definition) is 1. The number of aliphatic hydroxyl groups is 1. The Bertz CT molecular complexity index is 100. The average Bonchev–Trinajstić information content (AvgIpc) is 2.22. The quantitative estimate of drug-likeness (QED) is 0.552. The lowest BCUT2D eigenvalue weighted by Crippen LogP contribution is -2.01. The summed E-state index contributed by atoms with van der Waals surface area (Å²) in [6.07, 6.45) is 7.74. The molecule has 1 N–H and O–H groups in total. The maximum absolute atomic E-state index is 8.48. The topological polar surface area (TPSA) is 29.5 Å². The Labute approximate surface area is 88.7 Å². The largest absolute Gasteiger partial charge is 0.394 e. The van der Waals surface area contributed by atoms with Crippen LogP contribution >= 0.6 is 0 Å². The molecular weight excluding hydrogens is 176 g/mol. The van der Waals surface area contributed by atoms with Gasteiger partial charge in [0.1, 0.15) is 0 Å². The first-order valence-corrected chi connectivity index (χ1v) is 6.03. The average molecular weight is 202 g/mol. The summed E-state index contributed by atoms with van der Waals surface area (Å²) in [7, 11) is 0. The van der Waals surface area contributed by atoms with Crippen molar-refractivity contribution in [1.82, 2.24) is 0 Å². The molecule has 2 heteroatoms. The smallest absolute Gasteiger partial charge is 0.0697 e. The van der Waals surface area contributed by atoms with Crippen molar-refractivity contribution in [3.8, 4) is 0 Å². The molecule has 0 aliphatic heterocycles. The van der Waals surface area contributed by atoms with Crippen LogP contribution in [0.4, 0.5) is 0 Å². The van der Waals surface area contributed by atoms with Crippen LogP contribution in [0.3, 0.4) is 0 Å². The molecule has 0 aliphatic carbocycles. The van der Waals surface area contributed by atoms with Gasteiger partial charge in [-0.15, -0.1) is 0 Å². The van der Waals surface area contributed by atoms with Crippen molar-refractivity contribution >= 4 is 0 Å². The van der Waals surface area contributed by atoms with E-state index in [9.17, 15) is 0 Å². The molecular formula is C12H26O2. The molecule has 0 aromatic heterocycles. The normalized spacial score (nSPS) is 11.1. The van der Waals surface area contributed by atoms with Crippen LogP contribution in [-0.4, -0.2) is 24.9 Å². The molecule has 0 atom stereocenters. The van der Waals surface area contributed by atoms with Gasteiger partial charge in [0.15, 0.2) is 0 Å². The van der Waals surface area contributed by atoms with Crippen LogP contribution in [0.5, 0.6) is 0 Å². The van der Waals surface area contributed by atoms with E-state index >= 15 is 0 Å². The summed E-state index contributed by atoms with van der Waals surface area (Å²) < 4.78 is 5.19. The molecule has 0 aliphatic rings. The molecule has 2 nitrogen and oxygen atoms in total. The van der Waals surface area contributed by atoms with E-state index in [1.165, 1.54) is 32.1 Å². The van der Waals surface area contributed by atoms with Crippen LogP contribution in [0, 0.1) is 5.92 Å². The molecule has 0 bridgehead atoms. The van der Waals surface area contributed by atoms with Crippen LogP contribution in [0.15, 0.2) is 0 Å². The highest BCUT2D eigenvalue weighted by Gasteiger charge is 2.01. The molecule has 0 aromatic carbocycles. The summed E-state index contributed by atoms with van der Waals surface area (Å²) in [5, 5.41) is 8.48. The Kier molecular flexibility index (Phi) is 10.9. The molecule has 0 unspecified atom stereocenters. The second kappa shape index (κ2) is 11.0. The lowest BCUT2D eigenvalue weighted by Gasteiger charge is -2.11. The van der Waals surface area contributed by atoms with Crippen molar-refractivity contribution in [2.45, 2.75) is 52.4 Å². The number of unbranched alkanes of at least 4 members (excludes halogenated alkanes) is 2. The van der Waals surface area contributed by atoms with E-state index in [-0.39, 0.29) is 6.61 Å². The second-order valence-corrected chi connectivity index (χ2v) is 3.87. The van der Waals surface area contributed by atoms with Gasteiger partial charge >= 0.3 is 0 Å². The Morgan fingerprint density at radius 1 is 1.00 bits per heavy atom. The third kappa shape index (κ3) is 8.52. The van der Waals surface area contributed by atoms with Gasteiger partial charge in [-0.25, -0.2) is 0 Å². The first-order chi connectivity index (χ1) is 6.85. The number of ether oxygens (including phenoxy) is 1. The van der Waals surface area contributed by atoms with E-state index in [1.807, 2.05) is 0 Å². The van der Waals surface area contributed by atoms with Gasteiger partial charge in [0.05, 0.1) is 13.2 Å².